The van der Waals surface area contributed by atoms with Crippen LogP contribution < -0.4 is 5.32 Å². The quantitative estimate of drug-likeness (QED) is 0.850. The van der Waals surface area contributed by atoms with Crippen LogP contribution in [0.5, 0.6) is 0 Å². The number of halogens is 1. The van der Waals surface area contributed by atoms with Crippen LogP contribution in [0.3, 0.4) is 0 Å². The molecule has 1 aromatic heterocycles. The Kier molecular flexibility index (Phi) is 5.59. The summed E-state index contributed by atoms with van der Waals surface area (Å²) >= 11 is 3.30. The number of ether oxygens (including phenoxy) is 1. The van der Waals surface area contributed by atoms with E-state index < -0.39 is 10.0 Å². The Morgan fingerprint density at radius 2 is 2.29 bits per heavy atom. The molecule has 8 heteroatoms. The van der Waals surface area contributed by atoms with Crippen LogP contribution in [0.15, 0.2) is 21.6 Å². The molecule has 0 radical (unpaired) electrons. The van der Waals surface area contributed by atoms with Crippen molar-refractivity contribution in [2.24, 2.45) is 0 Å². The van der Waals surface area contributed by atoms with Crippen molar-refractivity contribution in [2.45, 2.75) is 31.2 Å². The van der Waals surface area contributed by atoms with Crippen molar-refractivity contribution < 1.29 is 13.2 Å². The monoisotopic (exact) mass is 377 g/mol. The number of pyridine rings is 1. The van der Waals surface area contributed by atoms with Crippen LogP contribution in [0.2, 0.25) is 0 Å². The predicted molar refractivity (Wildman–Crippen MR) is 84.9 cm³/mol. The molecule has 1 aliphatic heterocycles. The second-order valence-corrected chi connectivity index (χ2v) is 7.56. The molecule has 1 unspecified atom stereocenters. The smallest absolute Gasteiger partial charge is 0.247 e. The van der Waals surface area contributed by atoms with Crippen LogP contribution in [0.4, 0.5) is 5.82 Å². The lowest BCUT2D eigenvalue weighted by Crippen LogP contribution is -2.48. The summed E-state index contributed by atoms with van der Waals surface area (Å²) in [5.41, 5.74) is 0. The summed E-state index contributed by atoms with van der Waals surface area (Å²) in [4.78, 5) is 4.39. The molecule has 1 fully saturated rings. The zero-order valence-electron chi connectivity index (χ0n) is 12.2. The number of nitrogens with zero attached hydrogens (tertiary/aromatic N) is 2. The number of hydrogen-bond acceptors (Lipinski definition) is 5. The molecule has 0 saturated carbocycles. The fraction of sp³-hybridized carbons (Fsp3) is 0.615. The average Bonchev–Trinajstić information content (AvgIpc) is 2.49. The highest BCUT2D eigenvalue weighted by atomic mass is 79.9. The van der Waals surface area contributed by atoms with Crippen molar-refractivity contribution in [2.75, 3.05) is 31.6 Å². The van der Waals surface area contributed by atoms with Gasteiger partial charge in [0.05, 0.1) is 13.2 Å². The molecule has 0 aromatic carbocycles. The third-order valence-electron chi connectivity index (χ3n) is 3.39. The molecule has 1 saturated heterocycles. The maximum atomic E-state index is 13.0. The first-order valence-corrected chi connectivity index (χ1v) is 9.23. The fourth-order valence-corrected chi connectivity index (χ4v) is 4.62. The molecule has 6 nitrogen and oxygen atoms in total. The van der Waals surface area contributed by atoms with Gasteiger partial charge >= 0.3 is 0 Å². The fourth-order valence-electron chi connectivity index (χ4n) is 2.32. The van der Waals surface area contributed by atoms with E-state index in [1.54, 1.807) is 12.3 Å². The number of anilines is 1. The first-order valence-electron chi connectivity index (χ1n) is 6.99. The topological polar surface area (TPSA) is 71.5 Å². The van der Waals surface area contributed by atoms with Crippen LogP contribution in [-0.4, -0.2) is 50.1 Å². The van der Waals surface area contributed by atoms with Crippen LogP contribution >= 0.6 is 15.9 Å². The van der Waals surface area contributed by atoms with Gasteiger partial charge < -0.3 is 10.1 Å². The van der Waals surface area contributed by atoms with E-state index in [9.17, 15) is 8.42 Å². The average molecular weight is 378 g/mol. The van der Waals surface area contributed by atoms with E-state index in [1.165, 1.54) is 4.31 Å². The van der Waals surface area contributed by atoms with Gasteiger partial charge in [0, 0.05) is 29.8 Å². The summed E-state index contributed by atoms with van der Waals surface area (Å²) in [5, 5.41) is 3.01. The molecule has 21 heavy (non-hydrogen) atoms. The third kappa shape index (κ3) is 3.56. The summed E-state index contributed by atoms with van der Waals surface area (Å²) in [6.45, 7) is 5.72. The molecule has 0 aliphatic carbocycles. The Hall–Kier alpha value is -0.700. The van der Waals surface area contributed by atoms with Gasteiger partial charge in [-0.1, -0.05) is 6.92 Å². The SMILES string of the molecule is CCNc1ncc(Br)cc1S(=O)(=O)N1CCOCC1CC. The standard InChI is InChI=1S/C13H20BrN3O3S/c1-3-11-9-20-6-5-17(11)21(18,19)12-7-10(14)8-16-13(12)15-4-2/h7-8,11H,3-6,9H2,1-2H3,(H,15,16). The lowest BCUT2D eigenvalue weighted by molar-refractivity contribution is 0.0314. The molecular weight excluding hydrogens is 358 g/mol. The number of nitrogens with one attached hydrogen (secondary N) is 1. The Bertz CT molecular complexity index is 594. The van der Waals surface area contributed by atoms with Gasteiger partial charge in [-0.25, -0.2) is 13.4 Å². The molecule has 2 heterocycles. The largest absolute Gasteiger partial charge is 0.378 e. The molecule has 0 bridgehead atoms. The molecule has 1 N–H and O–H groups in total. The highest BCUT2D eigenvalue weighted by molar-refractivity contribution is 9.10. The van der Waals surface area contributed by atoms with E-state index in [1.807, 2.05) is 13.8 Å². The van der Waals surface area contributed by atoms with E-state index >= 15 is 0 Å². The first-order chi connectivity index (χ1) is 10.0. The minimum absolute atomic E-state index is 0.128. The zero-order chi connectivity index (χ0) is 15.5. The van der Waals surface area contributed by atoms with Crippen molar-refractivity contribution >= 4 is 31.8 Å². The highest BCUT2D eigenvalue weighted by Gasteiger charge is 2.35. The van der Waals surface area contributed by atoms with E-state index in [2.05, 4.69) is 26.2 Å². The zero-order valence-corrected chi connectivity index (χ0v) is 14.6. The van der Waals surface area contributed by atoms with Gasteiger partial charge in [0.2, 0.25) is 10.0 Å². The molecule has 118 valence electrons. The predicted octanol–water partition coefficient (Wildman–Crippen LogP) is 2.08. The molecule has 0 spiro atoms. The van der Waals surface area contributed by atoms with E-state index in [0.717, 1.165) is 6.42 Å². The number of sulfonamides is 1. The van der Waals surface area contributed by atoms with Gasteiger partial charge in [0.15, 0.2) is 0 Å². The summed E-state index contributed by atoms with van der Waals surface area (Å²) in [6.07, 6.45) is 2.31. The highest BCUT2D eigenvalue weighted by Crippen LogP contribution is 2.28. The maximum absolute atomic E-state index is 13.0. The van der Waals surface area contributed by atoms with Gasteiger partial charge in [0.1, 0.15) is 10.7 Å². The van der Waals surface area contributed by atoms with Gasteiger partial charge in [0.25, 0.3) is 0 Å². The number of aromatic nitrogens is 1. The minimum Gasteiger partial charge on any atom is -0.378 e. The third-order valence-corrected chi connectivity index (χ3v) is 5.79. The van der Waals surface area contributed by atoms with Crippen molar-refractivity contribution in [3.8, 4) is 0 Å². The summed E-state index contributed by atoms with van der Waals surface area (Å²) in [6, 6.07) is 1.47. The lowest BCUT2D eigenvalue weighted by Gasteiger charge is -2.34. The summed E-state index contributed by atoms with van der Waals surface area (Å²) < 4.78 is 33.5. The molecule has 1 atom stereocenters. The first kappa shape index (κ1) is 16.7. The number of morpholine rings is 1. The van der Waals surface area contributed by atoms with Gasteiger partial charge in [-0.2, -0.15) is 4.31 Å². The molecule has 0 amide bonds. The van der Waals surface area contributed by atoms with E-state index in [4.69, 9.17) is 4.74 Å². The van der Waals surface area contributed by atoms with Gasteiger partial charge in [-0.15, -0.1) is 0 Å². The summed E-state index contributed by atoms with van der Waals surface area (Å²) in [7, 11) is -3.60. The normalized spacial score (nSPS) is 20.4. The second kappa shape index (κ2) is 7.04. The van der Waals surface area contributed by atoms with Crippen LogP contribution in [-0.2, 0) is 14.8 Å². The molecule has 1 aliphatic rings. The molecular formula is C13H20BrN3O3S. The Labute approximate surface area is 134 Å². The number of rotatable bonds is 5. The maximum Gasteiger partial charge on any atom is 0.247 e. The Balaban J connectivity index is 2.45. The Morgan fingerprint density at radius 3 is 2.95 bits per heavy atom. The van der Waals surface area contributed by atoms with Gasteiger partial charge in [-0.05, 0) is 35.3 Å². The second-order valence-electron chi connectivity index (χ2n) is 4.78. The van der Waals surface area contributed by atoms with Crippen LogP contribution in [0.1, 0.15) is 20.3 Å². The lowest BCUT2D eigenvalue weighted by atomic mass is 10.2. The molecule has 2 rings (SSSR count). The van der Waals surface area contributed by atoms with Gasteiger partial charge in [-0.3, -0.25) is 0 Å². The van der Waals surface area contributed by atoms with E-state index in [-0.39, 0.29) is 10.9 Å². The number of hydrogen-bond donors (Lipinski definition) is 1. The summed E-state index contributed by atoms with van der Waals surface area (Å²) in [5.74, 6) is 0.391. The van der Waals surface area contributed by atoms with Crippen molar-refractivity contribution in [3.63, 3.8) is 0 Å². The van der Waals surface area contributed by atoms with E-state index in [0.29, 0.717) is 36.6 Å². The van der Waals surface area contributed by atoms with Crippen LogP contribution in [0, 0.1) is 0 Å². The Morgan fingerprint density at radius 1 is 1.52 bits per heavy atom. The van der Waals surface area contributed by atoms with Crippen LogP contribution in [0.25, 0.3) is 0 Å². The van der Waals surface area contributed by atoms with Crippen molar-refractivity contribution in [1.82, 2.24) is 9.29 Å². The van der Waals surface area contributed by atoms with Crippen molar-refractivity contribution in [1.29, 1.82) is 0 Å². The molecule has 1 aromatic rings. The van der Waals surface area contributed by atoms with Crippen molar-refractivity contribution in [3.05, 3.63) is 16.7 Å². The minimum atomic E-state index is -3.60.